The third-order valence-corrected chi connectivity index (χ3v) is 2.58. The van der Waals surface area contributed by atoms with E-state index >= 15 is 0 Å². The van der Waals surface area contributed by atoms with Crippen molar-refractivity contribution >= 4 is 5.91 Å². The summed E-state index contributed by atoms with van der Waals surface area (Å²) < 4.78 is 13.1. The van der Waals surface area contributed by atoms with Gasteiger partial charge in [-0.25, -0.2) is 4.39 Å². The highest BCUT2D eigenvalue weighted by atomic mass is 19.1. The molecule has 1 aromatic rings. The molecular formula is C12H16FNO. The Morgan fingerprint density at radius 3 is 2.73 bits per heavy atom. The van der Waals surface area contributed by atoms with Crippen molar-refractivity contribution in [2.75, 3.05) is 0 Å². The number of benzene rings is 1. The number of amides is 1. The fourth-order valence-electron chi connectivity index (χ4n) is 1.43. The first-order valence-electron chi connectivity index (χ1n) is 5.12. The Morgan fingerprint density at radius 2 is 2.20 bits per heavy atom. The summed E-state index contributed by atoms with van der Waals surface area (Å²) in [5.74, 6) is -0.731. The maximum absolute atomic E-state index is 13.1. The molecule has 82 valence electrons. The second kappa shape index (κ2) is 4.91. The summed E-state index contributed by atoms with van der Waals surface area (Å²) in [4.78, 5) is 10.9. The largest absolute Gasteiger partial charge is 0.366 e. The van der Waals surface area contributed by atoms with Gasteiger partial charge in [0, 0.05) is 0 Å². The van der Waals surface area contributed by atoms with E-state index in [-0.39, 0.29) is 5.56 Å². The zero-order chi connectivity index (χ0) is 11.4. The van der Waals surface area contributed by atoms with E-state index in [1.807, 2.05) is 0 Å². The highest BCUT2D eigenvalue weighted by Gasteiger charge is 2.10. The van der Waals surface area contributed by atoms with Crippen molar-refractivity contribution in [1.29, 1.82) is 0 Å². The minimum absolute atomic E-state index is 0.0178. The van der Waals surface area contributed by atoms with Crippen LogP contribution >= 0.6 is 0 Å². The summed E-state index contributed by atoms with van der Waals surface area (Å²) in [5, 5.41) is 0. The zero-order valence-electron chi connectivity index (χ0n) is 9.09. The molecule has 3 heteroatoms. The van der Waals surface area contributed by atoms with E-state index in [0.717, 1.165) is 18.4 Å². The molecule has 1 atom stereocenters. The van der Waals surface area contributed by atoms with Gasteiger partial charge in [0.25, 0.3) is 5.91 Å². The number of hydrogen-bond acceptors (Lipinski definition) is 1. The fraction of sp³-hybridized carbons (Fsp3) is 0.417. The molecule has 0 spiro atoms. The van der Waals surface area contributed by atoms with Crippen LogP contribution in [0, 0.1) is 11.7 Å². The van der Waals surface area contributed by atoms with Gasteiger partial charge in [0.05, 0.1) is 5.56 Å². The lowest BCUT2D eigenvalue weighted by Crippen LogP contribution is -2.13. The first-order chi connectivity index (χ1) is 7.04. The van der Waals surface area contributed by atoms with E-state index in [1.165, 1.54) is 6.07 Å². The lowest BCUT2D eigenvalue weighted by atomic mass is 9.97. The molecule has 0 aromatic heterocycles. The minimum atomic E-state index is -0.710. The molecule has 2 nitrogen and oxygen atoms in total. The highest BCUT2D eigenvalue weighted by molar-refractivity contribution is 5.93. The summed E-state index contributed by atoms with van der Waals surface area (Å²) in [5.41, 5.74) is 6.01. The number of carbonyl (C=O) groups is 1. The van der Waals surface area contributed by atoms with Crippen LogP contribution in [0.4, 0.5) is 4.39 Å². The van der Waals surface area contributed by atoms with Crippen molar-refractivity contribution < 1.29 is 9.18 Å². The molecule has 1 unspecified atom stereocenters. The predicted molar refractivity (Wildman–Crippen MR) is 58.1 cm³/mol. The lowest BCUT2D eigenvalue weighted by molar-refractivity contribution is 0.0996. The Labute approximate surface area is 89.3 Å². The van der Waals surface area contributed by atoms with Gasteiger partial charge in [0.2, 0.25) is 0 Å². The van der Waals surface area contributed by atoms with Gasteiger partial charge < -0.3 is 5.73 Å². The van der Waals surface area contributed by atoms with Crippen molar-refractivity contribution in [3.05, 3.63) is 35.1 Å². The Kier molecular flexibility index (Phi) is 3.83. The number of rotatable bonds is 4. The van der Waals surface area contributed by atoms with Gasteiger partial charge in [0.15, 0.2) is 0 Å². The first-order valence-corrected chi connectivity index (χ1v) is 5.12. The second-order valence-corrected chi connectivity index (χ2v) is 3.90. The standard InChI is InChI=1S/C12H16FNO/c1-3-8(2)6-9-4-5-11(13)10(7-9)12(14)15/h4-5,7-8H,3,6H2,1-2H3,(H2,14,15). The molecule has 0 aliphatic rings. The zero-order valence-corrected chi connectivity index (χ0v) is 9.09. The maximum atomic E-state index is 13.1. The second-order valence-electron chi connectivity index (χ2n) is 3.90. The number of nitrogens with two attached hydrogens (primary N) is 1. The van der Waals surface area contributed by atoms with E-state index in [2.05, 4.69) is 13.8 Å². The number of primary amides is 1. The first kappa shape index (κ1) is 11.7. The number of halogens is 1. The summed E-state index contributed by atoms with van der Waals surface area (Å²) >= 11 is 0. The Hall–Kier alpha value is -1.38. The van der Waals surface area contributed by atoms with Crippen LogP contribution in [0.15, 0.2) is 18.2 Å². The van der Waals surface area contributed by atoms with Crippen molar-refractivity contribution in [3.8, 4) is 0 Å². The average molecular weight is 209 g/mol. The van der Waals surface area contributed by atoms with Crippen LogP contribution in [-0.2, 0) is 6.42 Å². The van der Waals surface area contributed by atoms with Crippen LogP contribution in [0.25, 0.3) is 0 Å². The van der Waals surface area contributed by atoms with Gasteiger partial charge in [-0.15, -0.1) is 0 Å². The third kappa shape index (κ3) is 3.05. The van der Waals surface area contributed by atoms with Gasteiger partial charge in [-0.1, -0.05) is 26.3 Å². The van der Waals surface area contributed by atoms with E-state index in [1.54, 1.807) is 12.1 Å². The van der Waals surface area contributed by atoms with Gasteiger partial charge in [-0.3, -0.25) is 4.79 Å². The summed E-state index contributed by atoms with van der Waals surface area (Å²) in [6, 6.07) is 4.55. The third-order valence-electron chi connectivity index (χ3n) is 2.58. The highest BCUT2D eigenvalue weighted by Crippen LogP contribution is 2.15. The van der Waals surface area contributed by atoms with Crippen molar-refractivity contribution in [2.45, 2.75) is 26.7 Å². The molecule has 0 saturated carbocycles. The molecule has 2 N–H and O–H groups in total. The van der Waals surface area contributed by atoms with Gasteiger partial charge in [0.1, 0.15) is 5.82 Å². The van der Waals surface area contributed by atoms with Gasteiger partial charge >= 0.3 is 0 Å². The SMILES string of the molecule is CCC(C)Cc1ccc(F)c(C(N)=O)c1. The Morgan fingerprint density at radius 1 is 1.53 bits per heavy atom. The van der Waals surface area contributed by atoms with Crippen molar-refractivity contribution in [3.63, 3.8) is 0 Å². The molecule has 0 aliphatic carbocycles. The van der Waals surface area contributed by atoms with Crippen LogP contribution in [0.2, 0.25) is 0 Å². The molecule has 1 amide bonds. The Balaban J connectivity index is 2.92. The summed E-state index contributed by atoms with van der Waals surface area (Å²) in [6.07, 6.45) is 1.90. The topological polar surface area (TPSA) is 43.1 Å². The van der Waals surface area contributed by atoms with E-state index in [4.69, 9.17) is 5.73 Å². The summed E-state index contributed by atoms with van der Waals surface area (Å²) in [6.45, 7) is 4.22. The number of carbonyl (C=O) groups excluding carboxylic acids is 1. The lowest BCUT2D eigenvalue weighted by Gasteiger charge is -2.09. The van der Waals surface area contributed by atoms with Crippen LogP contribution in [-0.4, -0.2) is 5.91 Å². The summed E-state index contributed by atoms with van der Waals surface area (Å²) in [7, 11) is 0. The van der Waals surface area contributed by atoms with Gasteiger partial charge in [-0.05, 0) is 30.0 Å². The molecule has 0 saturated heterocycles. The normalized spacial score (nSPS) is 12.5. The quantitative estimate of drug-likeness (QED) is 0.813. The Bertz CT molecular complexity index is 363. The molecule has 0 radical (unpaired) electrons. The average Bonchev–Trinajstić information content (AvgIpc) is 2.20. The maximum Gasteiger partial charge on any atom is 0.251 e. The van der Waals surface area contributed by atoms with E-state index in [0.29, 0.717) is 5.92 Å². The molecular weight excluding hydrogens is 193 g/mol. The molecule has 0 heterocycles. The van der Waals surface area contributed by atoms with E-state index < -0.39 is 11.7 Å². The molecule has 0 bridgehead atoms. The molecule has 0 aliphatic heterocycles. The van der Waals surface area contributed by atoms with E-state index in [9.17, 15) is 9.18 Å². The van der Waals surface area contributed by atoms with Crippen LogP contribution in [0.3, 0.4) is 0 Å². The molecule has 1 aromatic carbocycles. The van der Waals surface area contributed by atoms with Crippen LogP contribution in [0.5, 0.6) is 0 Å². The van der Waals surface area contributed by atoms with Crippen LogP contribution in [0.1, 0.15) is 36.2 Å². The predicted octanol–water partition coefficient (Wildman–Crippen LogP) is 2.51. The van der Waals surface area contributed by atoms with Crippen molar-refractivity contribution in [2.24, 2.45) is 11.7 Å². The molecule has 15 heavy (non-hydrogen) atoms. The molecule has 1 rings (SSSR count). The minimum Gasteiger partial charge on any atom is -0.366 e. The van der Waals surface area contributed by atoms with Crippen LogP contribution < -0.4 is 5.73 Å². The van der Waals surface area contributed by atoms with Crippen molar-refractivity contribution in [1.82, 2.24) is 0 Å². The van der Waals surface area contributed by atoms with Gasteiger partial charge in [-0.2, -0.15) is 0 Å². The fourth-order valence-corrected chi connectivity index (χ4v) is 1.43. The monoisotopic (exact) mass is 209 g/mol. The smallest absolute Gasteiger partial charge is 0.251 e. The molecule has 0 fully saturated rings. The number of hydrogen-bond donors (Lipinski definition) is 1.